The second-order valence-electron chi connectivity index (χ2n) is 5.53. The molecular weight excluding hydrogens is 353 g/mol. The van der Waals surface area contributed by atoms with E-state index < -0.39 is 0 Å². The van der Waals surface area contributed by atoms with E-state index in [1.54, 1.807) is 53.4 Å². The van der Waals surface area contributed by atoms with Crippen LogP contribution in [0.2, 0.25) is 0 Å². The number of halogens is 1. The number of carbonyl (C=O) groups is 2. The number of hydrogen-bond donors (Lipinski definition) is 1. The average molecular weight is 369 g/mol. The fourth-order valence-corrected chi connectivity index (χ4v) is 3.14. The van der Waals surface area contributed by atoms with Crippen molar-refractivity contribution < 1.29 is 14.0 Å². The number of amides is 1. The van der Waals surface area contributed by atoms with Crippen molar-refractivity contribution in [3.8, 4) is 5.69 Å². The molecular formula is C19H16FN3O2S. The number of anilines is 1. The number of benzene rings is 2. The Morgan fingerprint density at radius 3 is 2.77 bits per heavy atom. The molecule has 5 nitrogen and oxygen atoms in total. The van der Waals surface area contributed by atoms with Crippen LogP contribution in [0.1, 0.15) is 17.3 Å². The van der Waals surface area contributed by atoms with Gasteiger partial charge in [-0.3, -0.25) is 14.2 Å². The molecule has 0 radical (unpaired) electrons. The van der Waals surface area contributed by atoms with Crippen LogP contribution in [0.25, 0.3) is 5.69 Å². The van der Waals surface area contributed by atoms with Crippen LogP contribution in [-0.2, 0) is 4.79 Å². The van der Waals surface area contributed by atoms with Crippen molar-refractivity contribution in [1.82, 2.24) is 9.55 Å². The molecule has 0 aliphatic carbocycles. The van der Waals surface area contributed by atoms with Gasteiger partial charge >= 0.3 is 0 Å². The Labute approximate surface area is 154 Å². The highest BCUT2D eigenvalue weighted by atomic mass is 32.2. The molecule has 1 aromatic heterocycles. The SMILES string of the molecule is CC(=O)c1cccc(NC(=O)CSc2nccn2-c2cccc(F)c2)c1. The van der Waals surface area contributed by atoms with Crippen molar-refractivity contribution >= 4 is 29.1 Å². The summed E-state index contributed by atoms with van der Waals surface area (Å²) in [5.74, 6) is -0.483. The lowest BCUT2D eigenvalue weighted by Crippen LogP contribution is -2.14. The Morgan fingerprint density at radius 1 is 1.19 bits per heavy atom. The summed E-state index contributed by atoms with van der Waals surface area (Å²) in [5.41, 5.74) is 1.74. The molecule has 26 heavy (non-hydrogen) atoms. The number of carbonyl (C=O) groups excluding carboxylic acids is 2. The van der Waals surface area contributed by atoms with E-state index in [4.69, 9.17) is 0 Å². The topological polar surface area (TPSA) is 64.0 Å². The molecule has 1 N–H and O–H groups in total. The summed E-state index contributed by atoms with van der Waals surface area (Å²) in [4.78, 5) is 27.8. The van der Waals surface area contributed by atoms with E-state index in [0.717, 1.165) is 0 Å². The van der Waals surface area contributed by atoms with Gasteiger partial charge in [-0.05, 0) is 37.3 Å². The highest BCUT2D eigenvalue weighted by Gasteiger charge is 2.10. The van der Waals surface area contributed by atoms with Crippen LogP contribution in [0.5, 0.6) is 0 Å². The van der Waals surface area contributed by atoms with Crippen LogP contribution in [0.3, 0.4) is 0 Å². The second-order valence-corrected chi connectivity index (χ2v) is 6.48. The monoisotopic (exact) mass is 369 g/mol. The van der Waals surface area contributed by atoms with E-state index in [0.29, 0.717) is 22.1 Å². The van der Waals surface area contributed by atoms with Gasteiger partial charge in [0.2, 0.25) is 5.91 Å². The number of nitrogens with zero attached hydrogens (tertiary/aromatic N) is 2. The number of imidazole rings is 1. The first-order valence-electron chi connectivity index (χ1n) is 7.86. The van der Waals surface area contributed by atoms with Gasteiger partial charge in [-0.25, -0.2) is 9.37 Å². The summed E-state index contributed by atoms with van der Waals surface area (Å²) in [6.07, 6.45) is 3.31. The number of Topliss-reactive ketones (excluding diaryl/α,β-unsaturated/α-hetero) is 1. The van der Waals surface area contributed by atoms with Gasteiger partial charge in [0.15, 0.2) is 10.9 Å². The first kappa shape index (κ1) is 17.9. The van der Waals surface area contributed by atoms with Gasteiger partial charge < -0.3 is 5.32 Å². The maximum atomic E-state index is 13.4. The zero-order valence-corrected chi connectivity index (χ0v) is 14.8. The normalized spacial score (nSPS) is 10.5. The van der Waals surface area contributed by atoms with Crippen molar-refractivity contribution in [2.45, 2.75) is 12.1 Å². The Bertz CT molecular complexity index is 955. The van der Waals surface area contributed by atoms with Gasteiger partial charge in [-0.1, -0.05) is 30.0 Å². The maximum Gasteiger partial charge on any atom is 0.234 e. The van der Waals surface area contributed by atoms with Crippen molar-refractivity contribution in [3.63, 3.8) is 0 Å². The summed E-state index contributed by atoms with van der Waals surface area (Å²) < 4.78 is 15.1. The van der Waals surface area contributed by atoms with Gasteiger partial charge in [0, 0.05) is 23.6 Å². The van der Waals surface area contributed by atoms with Gasteiger partial charge in [0.25, 0.3) is 0 Å². The van der Waals surface area contributed by atoms with E-state index in [1.165, 1.54) is 30.8 Å². The van der Waals surface area contributed by atoms with E-state index in [2.05, 4.69) is 10.3 Å². The van der Waals surface area contributed by atoms with Crippen LogP contribution in [-0.4, -0.2) is 27.0 Å². The van der Waals surface area contributed by atoms with Crippen molar-refractivity contribution in [2.75, 3.05) is 11.1 Å². The molecule has 0 bridgehead atoms. The Balaban J connectivity index is 1.65. The summed E-state index contributed by atoms with van der Waals surface area (Å²) in [7, 11) is 0. The minimum atomic E-state index is -0.338. The minimum Gasteiger partial charge on any atom is -0.325 e. The average Bonchev–Trinajstić information content (AvgIpc) is 3.09. The van der Waals surface area contributed by atoms with Crippen LogP contribution < -0.4 is 5.32 Å². The molecule has 0 saturated heterocycles. The molecule has 3 rings (SSSR count). The number of hydrogen-bond acceptors (Lipinski definition) is 4. The first-order chi connectivity index (χ1) is 12.5. The zero-order valence-electron chi connectivity index (χ0n) is 14.0. The number of aromatic nitrogens is 2. The highest BCUT2D eigenvalue weighted by molar-refractivity contribution is 7.99. The molecule has 132 valence electrons. The molecule has 1 amide bonds. The van der Waals surface area contributed by atoms with Gasteiger partial charge in [-0.15, -0.1) is 0 Å². The molecule has 0 fully saturated rings. The Kier molecular flexibility index (Phi) is 5.48. The fraction of sp³-hybridized carbons (Fsp3) is 0.105. The lowest BCUT2D eigenvalue weighted by molar-refractivity contribution is -0.113. The largest absolute Gasteiger partial charge is 0.325 e. The van der Waals surface area contributed by atoms with Crippen LogP contribution >= 0.6 is 11.8 Å². The van der Waals surface area contributed by atoms with Crippen LogP contribution in [0.15, 0.2) is 66.1 Å². The third-order valence-electron chi connectivity index (χ3n) is 3.58. The smallest absolute Gasteiger partial charge is 0.234 e. The number of thioether (sulfide) groups is 1. The summed E-state index contributed by atoms with van der Waals surface area (Å²) in [6.45, 7) is 1.48. The number of rotatable bonds is 6. The summed E-state index contributed by atoms with van der Waals surface area (Å²) >= 11 is 1.24. The van der Waals surface area contributed by atoms with Crippen molar-refractivity contribution in [2.24, 2.45) is 0 Å². The molecule has 0 aliphatic rings. The Hall–Kier alpha value is -2.93. The van der Waals surface area contributed by atoms with Crippen LogP contribution in [0.4, 0.5) is 10.1 Å². The number of nitrogens with one attached hydrogen (secondary N) is 1. The second kappa shape index (κ2) is 7.97. The Morgan fingerprint density at radius 2 is 2.00 bits per heavy atom. The van der Waals surface area contributed by atoms with E-state index >= 15 is 0 Å². The quantitative estimate of drug-likeness (QED) is 0.528. The molecule has 3 aromatic rings. The highest BCUT2D eigenvalue weighted by Crippen LogP contribution is 2.21. The molecule has 0 atom stereocenters. The molecule has 0 spiro atoms. The molecule has 0 aliphatic heterocycles. The van der Waals surface area contributed by atoms with Crippen molar-refractivity contribution in [1.29, 1.82) is 0 Å². The minimum absolute atomic E-state index is 0.0624. The lowest BCUT2D eigenvalue weighted by atomic mass is 10.1. The maximum absolute atomic E-state index is 13.4. The first-order valence-corrected chi connectivity index (χ1v) is 8.84. The molecule has 0 saturated carbocycles. The predicted molar refractivity (Wildman–Crippen MR) is 99.3 cm³/mol. The summed E-state index contributed by atoms with van der Waals surface area (Å²) in [6, 6.07) is 12.9. The molecule has 0 unspecified atom stereocenters. The van der Waals surface area contributed by atoms with Crippen LogP contribution in [0, 0.1) is 5.82 Å². The van der Waals surface area contributed by atoms with E-state index in [-0.39, 0.29) is 23.3 Å². The zero-order chi connectivity index (χ0) is 18.5. The van der Waals surface area contributed by atoms with Gasteiger partial charge in [0.1, 0.15) is 5.82 Å². The van der Waals surface area contributed by atoms with Gasteiger partial charge in [-0.2, -0.15) is 0 Å². The lowest BCUT2D eigenvalue weighted by Gasteiger charge is -2.08. The van der Waals surface area contributed by atoms with Crippen molar-refractivity contribution in [3.05, 3.63) is 72.3 Å². The fourth-order valence-electron chi connectivity index (χ4n) is 2.36. The van der Waals surface area contributed by atoms with Gasteiger partial charge in [0.05, 0.1) is 11.4 Å². The third-order valence-corrected chi connectivity index (χ3v) is 4.55. The van der Waals surface area contributed by atoms with E-state index in [1.807, 2.05) is 0 Å². The molecule has 1 heterocycles. The predicted octanol–water partition coefficient (Wildman–Crippen LogP) is 3.94. The standard InChI is InChI=1S/C19H16FN3O2S/c1-13(24)14-4-2-6-16(10-14)22-18(25)12-26-19-21-8-9-23(19)17-7-3-5-15(20)11-17/h2-11H,12H2,1H3,(H,22,25). The van der Waals surface area contributed by atoms with E-state index in [9.17, 15) is 14.0 Å². The number of ketones is 1. The third kappa shape index (κ3) is 4.37. The molecule has 7 heteroatoms. The summed E-state index contributed by atoms with van der Waals surface area (Å²) in [5, 5.41) is 3.35. The molecule has 2 aromatic carbocycles.